The van der Waals surface area contributed by atoms with Gasteiger partial charge in [-0.2, -0.15) is 0 Å². The van der Waals surface area contributed by atoms with Gasteiger partial charge in [0.25, 0.3) is 0 Å². The molecule has 0 bridgehead atoms. The molecule has 0 saturated carbocycles. The van der Waals surface area contributed by atoms with Crippen molar-refractivity contribution in [1.82, 2.24) is 0 Å². The molecule has 1 rings (SSSR count). The molecule has 21 heavy (non-hydrogen) atoms. The average molecular weight is 290 g/mol. The Morgan fingerprint density at radius 2 is 1.62 bits per heavy atom. The first-order chi connectivity index (χ1) is 9.88. The first-order valence-corrected chi connectivity index (χ1v) is 6.82. The van der Waals surface area contributed by atoms with Crippen molar-refractivity contribution in [3.63, 3.8) is 0 Å². The van der Waals surface area contributed by atoms with Crippen LogP contribution in [-0.2, 0) is 19.1 Å². The van der Waals surface area contributed by atoms with Crippen molar-refractivity contribution in [3.8, 4) is 0 Å². The summed E-state index contributed by atoms with van der Waals surface area (Å²) in [6, 6.07) is 0. The van der Waals surface area contributed by atoms with Crippen LogP contribution in [0.2, 0.25) is 0 Å². The number of carbonyl (C=O) groups is 2. The van der Waals surface area contributed by atoms with Gasteiger partial charge in [-0.15, -0.1) is 0 Å². The Bertz CT molecular complexity index is 574. The van der Waals surface area contributed by atoms with Gasteiger partial charge in [0.15, 0.2) is 0 Å². The Morgan fingerprint density at radius 3 is 2.10 bits per heavy atom. The predicted molar refractivity (Wildman–Crippen MR) is 81.5 cm³/mol. The third-order valence-electron chi connectivity index (χ3n) is 3.41. The molecule has 0 aromatic rings. The van der Waals surface area contributed by atoms with Crippen LogP contribution >= 0.6 is 0 Å². The van der Waals surface area contributed by atoms with Crippen LogP contribution < -0.4 is 0 Å². The van der Waals surface area contributed by atoms with Crippen LogP contribution in [0.4, 0.5) is 0 Å². The van der Waals surface area contributed by atoms with Crippen molar-refractivity contribution >= 4 is 11.6 Å². The highest BCUT2D eigenvalue weighted by molar-refractivity contribution is 6.23. The predicted octanol–water partition coefficient (Wildman–Crippen LogP) is 3.12. The summed E-state index contributed by atoms with van der Waals surface area (Å²) in [7, 11) is 2.72. The largest absolute Gasteiger partial charge is 0.489 e. The van der Waals surface area contributed by atoms with Crippen molar-refractivity contribution in [2.75, 3.05) is 14.2 Å². The third kappa shape index (κ3) is 3.32. The van der Waals surface area contributed by atoms with Gasteiger partial charge in [-0.3, -0.25) is 9.59 Å². The van der Waals surface area contributed by atoms with E-state index in [0.29, 0.717) is 11.1 Å². The topological polar surface area (TPSA) is 52.6 Å². The van der Waals surface area contributed by atoms with Gasteiger partial charge in [-0.25, -0.2) is 0 Å². The molecule has 0 aliphatic heterocycles. The minimum Gasteiger partial charge on any atom is -0.489 e. The molecule has 114 valence electrons. The zero-order chi connectivity index (χ0) is 16.2. The van der Waals surface area contributed by atoms with E-state index in [4.69, 9.17) is 9.47 Å². The van der Waals surface area contributed by atoms with Crippen molar-refractivity contribution in [2.45, 2.75) is 27.7 Å². The normalized spacial score (nSPS) is 18.7. The fourth-order valence-electron chi connectivity index (χ4n) is 2.51. The molecule has 1 aliphatic carbocycles. The number of ketones is 2. The maximum Gasteiger partial charge on any atom is 0.228 e. The summed E-state index contributed by atoms with van der Waals surface area (Å²) in [6.45, 7) is 7.42. The highest BCUT2D eigenvalue weighted by Crippen LogP contribution is 2.31. The standard InChI is InChI=1S/C17H22O4/c1-7-8-10(2)9-11(3)13-12(4)14(18)16(20-5)17(21-6)15(13)19/h7-9,11H,1-6H3/b8-7-,10-9+. The summed E-state index contributed by atoms with van der Waals surface area (Å²) in [5.41, 5.74) is 1.90. The second kappa shape index (κ2) is 7.07. The van der Waals surface area contributed by atoms with Crippen molar-refractivity contribution < 1.29 is 19.1 Å². The molecule has 4 nitrogen and oxygen atoms in total. The van der Waals surface area contributed by atoms with E-state index in [-0.39, 0.29) is 29.0 Å². The number of Topliss-reactive ketones (excluding diaryl/α,β-unsaturated/α-hetero) is 2. The minimum atomic E-state index is -0.298. The van der Waals surface area contributed by atoms with Gasteiger partial charge in [-0.05, 0) is 20.8 Å². The maximum atomic E-state index is 12.5. The van der Waals surface area contributed by atoms with Gasteiger partial charge in [-0.1, -0.05) is 30.7 Å². The maximum absolute atomic E-state index is 12.5. The van der Waals surface area contributed by atoms with E-state index < -0.39 is 0 Å². The van der Waals surface area contributed by atoms with Gasteiger partial charge in [0, 0.05) is 17.1 Å². The number of methoxy groups -OCH3 is 2. The lowest BCUT2D eigenvalue weighted by atomic mass is 9.84. The summed E-state index contributed by atoms with van der Waals surface area (Å²) >= 11 is 0. The Balaban J connectivity index is 3.31. The number of hydrogen-bond acceptors (Lipinski definition) is 4. The molecule has 0 N–H and O–H groups in total. The van der Waals surface area contributed by atoms with Gasteiger partial charge in [0.1, 0.15) is 0 Å². The van der Waals surface area contributed by atoms with Crippen molar-refractivity contribution in [3.05, 3.63) is 46.5 Å². The Kier molecular flexibility index (Phi) is 5.70. The summed E-state index contributed by atoms with van der Waals surface area (Å²) in [4.78, 5) is 24.8. The van der Waals surface area contributed by atoms with Crippen LogP contribution in [0.3, 0.4) is 0 Å². The lowest BCUT2D eigenvalue weighted by molar-refractivity contribution is -0.121. The molecule has 4 heteroatoms. The SMILES string of the molecule is C/C=C\C(C)=C\C(C)C1=C(C)C(=O)C(OC)=C(OC)C1=O. The molecule has 0 aromatic heterocycles. The van der Waals surface area contributed by atoms with Crippen LogP contribution in [0.1, 0.15) is 27.7 Å². The highest BCUT2D eigenvalue weighted by Gasteiger charge is 2.36. The second-order valence-electron chi connectivity index (χ2n) is 4.96. The van der Waals surface area contributed by atoms with Crippen LogP contribution in [0.5, 0.6) is 0 Å². The Labute approximate surface area is 125 Å². The summed E-state index contributed by atoms with van der Waals surface area (Å²) in [5.74, 6) is -0.810. The Morgan fingerprint density at radius 1 is 1.10 bits per heavy atom. The monoisotopic (exact) mass is 290 g/mol. The number of allylic oxidation sites excluding steroid dienone is 6. The summed E-state index contributed by atoms with van der Waals surface area (Å²) in [6.07, 6.45) is 5.83. The van der Waals surface area contributed by atoms with Crippen LogP contribution in [0, 0.1) is 5.92 Å². The van der Waals surface area contributed by atoms with Crippen LogP contribution in [-0.4, -0.2) is 25.8 Å². The first-order valence-electron chi connectivity index (χ1n) is 6.82. The molecule has 0 saturated heterocycles. The molecule has 1 unspecified atom stereocenters. The summed E-state index contributed by atoms with van der Waals surface area (Å²) < 4.78 is 10.1. The molecule has 1 aliphatic rings. The van der Waals surface area contributed by atoms with Gasteiger partial charge >= 0.3 is 0 Å². The fraction of sp³-hybridized carbons (Fsp3) is 0.412. The van der Waals surface area contributed by atoms with Gasteiger partial charge < -0.3 is 9.47 Å². The average Bonchev–Trinajstić information content (AvgIpc) is 2.42. The van der Waals surface area contributed by atoms with E-state index in [1.165, 1.54) is 14.2 Å². The zero-order valence-corrected chi connectivity index (χ0v) is 13.4. The highest BCUT2D eigenvalue weighted by atomic mass is 16.5. The molecular weight excluding hydrogens is 268 g/mol. The smallest absolute Gasteiger partial charge is 0.228 e. The lowest BCUT2D eigenvalue weighted by Crippen LogP contribution is -2.27. The number of carbonyl (C=O) groups excluding carboxylic acids is 2. The number of hydrogen-bond donors (Lipinski definition) is 0. The number of rotatable bonds is 5. The van der Waals surface area contributed by atoms with E-state index in [0.717, 1.165) is 5.57 Å². The molecule has 0 radical (unpaired) electrons. The fourth-order valence-corrected chi connectivity index (χ4v) is 2.51. The van der Waals surface area contributed by atoms with E-state index in [9.17, 15) is 9.59 Å². The van der Waals surface area contributed by atoms with Gasteiger partial charge in [0.2, 0.25) is 23.1 Å². The first kappa shape index (κ1) is 17.0. The van der Waals surface area contributed by atoms with E-state index in [2.05, 4.69) is 0 Å². The zero-order valence-electron chi connectivity index (χ0n) is 13.4. The quantitative estimate of drug-likeness (QED) is 0.576. The molecule has 0 amide bonds. The van der Waals surface area contributed by atoms with E-state index in [1.54, 1.807) is 6.92 Å². The minimum absolute atomic E-state index is 0.0213. The number of ether oxygens (including phenoxy) is 2. The van der Waals surface area contributed by atoms with E-state index in [1.807, 2.05) is 39.0 Å². The summed E-state index contributed by atoms with van der Waals surface area (Å²) in [5, 5.41) is 0. The van der Waals surface area contributed by atoms with Crippen LogP contribution in [0.25, 0.3) is 0 Å². The van der Waals surface area contributed by atoms with Crippen LogP contribution in [0.15, 0.2) is 46.5 Å². The van der Waals surface area contributed by atoms with Crippen molar-refractivity contribution in [2.24, 2.45) is 5.92 Å². The van der Waals surface area contributed by atoms with E-state index >= 15 is 0 Å². The second-order valence-corrected chi connectivity index (χ2v) is 4.96. The molecule has 1 atom stereocenters. The molecule has 0 heterocycles. The lowest BCUT2D eigenvalue weighted by Gasteiger charge is -2.22. The third-order valence-corrected chi connectivity index (χ3v) is 3.41. The molecule has 0 aromatic carbocycles. The molecule has 0 fully saturated rings. The molecule has 0 spiro atoms. The van der Waals surface area contributed by atoms with Crippen molar-refractivity contribution in [1.29, 1.82) is 0 Å². The molecular formula is C17H22O4. The van der Waals surface area contributed by atoms with Gasteiger partial charge in [0.05, 0.1) is 14.2 Å². The Hall–Kier alpha value is -2.10.